The van der Waals surface area contributed by atoms with E-state index < -0.39 is 0 Å². The monoisotopic (exact) mass is 232 g/mol. The fourth-order valence-corrected chi connectivity index (χ4v) is 1.90. The van der Waals surface area contributed by atoms with Gasteiger partial charge in [-0.25, -0.2) is 4.98 Å². The molecule has 17 heavy (non-hydrogen) atoms. The van der Waals surface area contributed by atoms with E-state index in [1.165, 1.54) is 6.33 Å². The summed E-state index contributed by atoms with van der Waals surface area (Å²) < 4.78 is 5.49. The highest BCUT2D eigenvalue weighted by Crippen LogP contribution is 2.34. The van der Waals surface area contributed by atoms with Crippen LogP contribution in [0.15, 0.2) is 24.5 Å². The summed E-state index contributed by atoms with van der Waals surface area (Å²) in [6.07, 6.45) is 1.48. The average molecular weight is 232 g/mol. The standard InChI is InChI=1S/C11H12N4O2/c16-7-1-2-8-9(5-17-10(8)3-7)12-4-11-13-6-14-15-11/h1-3,6,9,12,16H,4-5H2,(H,13,14,15). The Morgan fingerprint density at radius 2 is 2.47 bits per heavy atom. The molecule has 1 atom stereocenters. The molecule has 3 N–H and O–H groups in total. The molecule has 0 radical (unpaired) electrons. The molecule has 0 fully saturated rings. The Morgan fingerprint density at radius 3 is 3.29 bits per heavy atom. The molecule has 2 aromatic rings. The van der Waals surface area contributed by atoms with Crippen molar-refractivity contribution in [3.63, 3.8) is 0 Å². The first-order chi connectivity index (χ1) is 8.33. The second kappa shape index (κ2) is 4.06. The second-order valence-electron chi connectivity index (χ2n) is 3.90. The summed E-state index contributed by atoms with van der Waals surface area (Å²) in [4.78, 5) is 4.04. The van der Waals surface area contributed by atoms with E-state index in [2.05, 4.69) is 20.5 Å². The summed E-state index contributed by atoms with van der Waals surface area (Å²) in [5.74, 6) is 1.75. The van der Waals surface area contributed by atoms with Gasteiger partial charge in [-0.3, -0.25) is 10.4 Å². The lowest BCUT2D eigenvalue weighted by Crippen LogP contribution is -2.22. The van der Waals surface area contributed by atoms with Gasteiger partial charge in [0.05, 0.1) is 12.6 Å². The van der Waals surface area contributed by atoms with E-state index in [0.717, 1.165) is 17.1 Å². The highest BCUT2D eigenvalue weighted by atomic mass is 16.5. The van der Waals surface area contributed by atoms with Gasteiger partial charge in [0.15, 0.2) is 0 Å². The molecule has 1 aromatic carbocycles. The first-order valence-electron chi connectivity index (χ1n) is 5.36. The molecule has 0 saturated carbocycles. The van der Waals surface area contributed by atoms with Gasteiger partial charge in [-0.15, -0.1) is 0 Å². The van der Waals surface area contributed by atoms with Crippen LogP contribution in [0, 0.1) is 0 Å². The van der Waals surface area contributed by atoms with Crippen LogP contribution in [0.2, 0.25) is 0 Å². The minimum Gasteiger partial charge on any atom is -0.508 e. The molecule has 0 saturated heterocycles. The highest BCUT2D eigenvalue weighted by Gasteiger charge is 2.23. The molecule has 2 heterocycles. The molecule has 1 aliphatic rings. The number of nitrogens with zero attached hydrogens (tertiary/aromatic N) is 2. The van der Waals surface area contributed by atoms with Crippen LogP contribution in [0.1, 0.15) is 17.4 Å². The van der Waals surface area contributed by atoms with Crippen LogP contribution in [-0.2, 0) is 6.54 Å². The van der Waals surface area contributed by atoms with Crippen molar-refractivity contribution in [2.45, 2.75) is 12.6 Å². The number of hydrogen-bond donors (Lipinski definition) is 3. The number of aromatic nitrogens is 3. The van der Waals surface area contributed by atoms with E-state index in [1.807, 2.05) is 6.07 Å². The Hall–Kier alpha value is -2.08. The molecule has 0 amide bonds. The van der Waals surface area contributed by atoms with Crippen LogP contribution >= 0.6 is 0 Å². The topological polar surface area (TPSA) is 83.1 Å². The van der Waals surface area contributed by atoms with Crippen molar-refractivity contribution in [3.05, 3.63) is 35.9 Å². The molecule has 3 rings (SSSR count). The Kier molecular flexibility index (Phi) is 2.41. The first-order valence-corrected chi connectivity index (χ1v) is 5.36. The number of rotatable bonds is 3. The predicted molar refractivity (Wildman–Crippen MR) is 59.6 cm³/mol. The molecule has 0 spiro atoms. The summed E-state index contributed by atoms with van der Waals surface area (Å²) in [6, 6.07) is 5.29. The van der Waals surface area contributed by atoms with Crippen molar-refractivity contribution in [1.82, 2.24) is 20.5 Å². The van der Waals surface area contributed by atoms with Crippen LogP contribution in [0.5, 0.6) is 11.5 Å². The zero-order valence-corrected chi connectivity index (χ0v) is 9.05. The Balaban J connectivity index is 1.71. The number of phenolic OH excluding ortho intramolecular Hbond substituents is 1. The molecule has 1 aromatic heterocycles. The smallest absolute Gasteiger partial charge is 0.138 e. The first kappa shape index (κ1) is 10.1. The Labute approximate surface area is 97.7 Å². The summed E-state index contributed by atoms with van der Waals surface area (Å²) in [5.41, 5.74) is 1.06. The number of aromatic amines is 1. The normalized spacial score (nSPS) is 17.8. The third-order valence-electron chi connectivity index (χ3n) is 2.76. The van der Waals surface area contributed by atoms with Crippen molar-refractivity contribution in [2.24, 2.45) is 0 Å². The average Bonchev–Trinajstić information content (AvgIpc) is 2.94. The lowest BCUT2D eigenvalue weighted by molar-refractivity contribution is 0.309. The fraction of sp³-hybridized carbons (Fsp3) is 0.273. The molecule has 1 unspecified atom stereocenters. The number of aromatic hydroxyl groups is 1. The van der Waals surface area contributed by atoms with Gasteiger partial charge in [0.1, 0.15) is 30.3 Å². The molecule has 0 aliphatic carbocycles. The van der Waals surface area contributed by atoms with E-state index in [9.17, 15) is 5.11 Å². The maximum atomic E-state index is 9.34. The number of hydrogen-bond acceptors (Lipinski definition) is 5. The zero-order valence-electron chi connectivity index (χ0n) is 9.05. The van der Waals surface area contributed by atoms with Gasteiger partial charge in [0.2, 0.25) is 0 Å². The number of H-pyrrole nitrogens is 1. The van der Waals surface area contributed by atoms with Crippen molar-refractivity contribution >= 4 is 0 Å². The number of ether oxygens (including phenoxy) is 1. The molecule has 0 bridgehead atoms. The molecular weight excluding hydrogens is 220 g/mol. The van der Waals surface area contributed by atoms with Crippen LogP contribution in [-0.4, -0.2) is 26.9 Å². The van der Waals surface area contributed by atoms with Crippen molar-refractivity contribution in [1.29, 1.82) is 0 Å². The fourth-order valence-electron chi connectivity index (χ4n) is 1.90. The quantitative estimate of drug-likeness (QED) is 0.726. The van der Waals surface area contributed by atoms with Crippen molar-refractivity contribution in [3.8, 4) is 11.5 Å². The van der Waals surface area contributed by atoms with Crippen LogP contribution in [0.3, 0.4) is 0 Å². The van der Waals surface area contributed by atoms with E-state index in [1.54, 1.807) is 12.1 Å². The summed E-state index contributed by atoms with van der Waals surface area (Å²) in [5, 5.41) is 19.2. The van der Waals surface area contributed by atoms with Gasteiger partial charge < -0.3 is 9.84 Å². The molecule has 6 heteroatoms. The maximum Gasteiger partial charge on any atom is 0.138 e. The van der Waals surface area contributed by atoms with Crippen LogP contribution < -0.4 is 10.1 Å². The third-order valence-corrected chi connectivity index (χ3v) is 2.76. The van der Waals surface area contributed by atoms with E-state index in [0.29, 0.717) is 13.2 Å². The van der Waals surface area contributed by atoms with E-state index in [-0.39, 0.29) is 11.8 Å². The zero-order chi connectivity index (χ0) is 11.7. The SMILES string of the molecule is Oc1ccc2c(c1)OCC2NCc1ncn[nH]1. The summed E-state index contributed by atoms with van der Waals surface area (Å²) in [7, 11) is 0. The Morgan fingerprint density at radius 1 is 1.53 bits per heavy atom. The minimum atomic E-state index is 0.121. The number of fused-ring (bicyclic) bond motifs is 1. The Bertz CT molecular complexity index is 512. The highest BCUT2D eigenvalue weighted by molar-refractivity contribution is 5.44. The summed E-state index contributed by atoms with van der Waals surface area (Å²) >= 11 is 0. The van der Waals surface area contributed by atoms with Gasteiger partial charge in [0, 0.05) is 11.6 Å². The predicted octanol–water partition coefficient (Wildman–Crippen LogP) is 0.734. The number of benzene rings is 1. The lowest BCUT2D eigenvalue weighted by Gasteiger charge is -2.09. The van der Waals surface area contributed by atoms with Crippen molar-refractivity contribution in [2.75, 3.05) is 6.61 Å². The van der Waals surface area contributed by atoms with Gasteiger partial charge in [-0.2, -0.15) is 5.10 Å². The van der Waals surface area contributed by atoms with Gasteiger partial charge in [-0.1, -0.05) is 0 Å². The number of nitrogens with one attached hydrogen (secondary N) is 2. The minimum absolute atomic E-state index is 0.121. The largest absolute Gasteiger partial charge is 0.508 e. The van der Waals surface area contributed by atoms with Crippen molar-refractivity contribution < 1.29 is 9.84 Å². The second-order valence-corrected chi connectivity index (χ2v) is 3.90. The third kappa shape index (κ3) is 1.94. The summed E-state index contributed by atoms with van der Waals surface area (Å²) in [6.45, 7) is 1.17. The van der Waals surface area contributed by atoms with Gasteiger partial charge in [-0.05, 0) is 12.1 Å². The molecular formula is C11H12N4O2. The van der Waals surface area contributed by atoms with Crippen LogP contribution in [0.4, 0.5) is 0 Å². The molecule has 88 valence electrons. The lowest BCUT2D eigenvalue weighted by atomic mass is 10.1. The van der Waals surface area contributed by atoms with Crippen LogP contribution in [0.25, 0.3) is 0 Å². The van der Waals surface area contributed by atoms with E-state index >= 15 is 0 Å². The maximum absolute atomic E-state index is 9.34. The molecule has 6 nitrogen and oxygen atoms in total. The van der Waals surface area contributed by atoms with Gasteiger partial charge in [0.25, 0.3) is 0 Å². The van der Waals surface area contributed by atoms with E-state index in [4.69, 9.17) is 4.74 Å². The molecule has 1 aliphatic heterocycles. The van der Waals surface area contributed by atoms with Gasteiger partial charge >= 0.3 is 0 Å². The number of phenols is 1.